The lowest BCUT2D eigenvalue weighted by molar-refractivity contribution is 0.181. The van der Waals surface area contributed by atoms with Crippen LogP contribution in [0.5, 0.6) is 0 Å². The predicted octanol–water partition coefficient (Wildman–Crippen LogP) is 2.32. The quantitative estimate of drug-likeness (QED) is 0.789. The SMILES string of the molecule is COCc1cc(N2CCCN(Cc3noc(C)n3)CC2)nc(C(C)(C)C)n1. The molecule has 0 amide bonds. The van der Waals surface area contributed by atoms with E-state index in [1.165, 1.54) is 0 Å². The standard InChI is InChI=1S/C19H30N6O2/c1-14-20-16(23-27-14)12-24-7-6-8-25(10-9-24)17-11-15(13-26-5)21-18(22-17)19(2,3)4/h11H,6-10,12-13H2,1-5H3. The molecule has 0 N–H and O–H groups in total. The van der Waals surface area contributed by atoms with Crippen LogP contribution >= 0.6 is 0 Å². The van der Waals surface area contributed by atoms with Crippen LogP contribution in [0.1, 0.15) is 50.4 Å². The van der Waals surface area contributed by atoms with Gasteiger partial charge in [0.1, 0.15) is 11.6 Å². The monoisotopic (exact) mass is 374 g/mol. The number of anilines is 1. The molecule has 148 valence electrons. The summed E-state index contributed by atoms with van der Waals surface area (Å²) in [6.07, 6.45) is 1.06. The third kappa shape index (κ3) is 5.23. The van der Waals surface area contributed by atoms with E-state index in [4.69, 9.17) is 14.2 Å². The molecule has 2 aromatic heterocycles. The maximum Gasteiger partial charge on any atom is 0.223 e. The minimum Gasteiger partial charge on any atom is -0.378 e. The summed E-state index contributed by atoms with van der Waals surface area (Å²) in [4.78, 5) is 18.6. The lowest BCUT2D eigenvalue weighted by atomic mass is 9.95. The first-order valence-corrected chi connectivity index (χ1v) is 9.49. The number of ether oxygens (including phenoxy) is 1. The molecule has 0 atom stereocenters. The van der Waals surface area contributed by atoms with Gasteiger partial charge in [0.05, 0.1) is 18.8 Å². The normalized spacial score (nSPS) is 16.6. The zero-order valence-corrected chi connectivity index (χ0v) is 17.0. The average Bonchev–Trinajstić information content (AvgIpc) is 2.87. The van der Waals surface area contributed by atoms with E-state index in [9.17, 15) is 0 Å². The lowest BCUT2D eigenvalue weighted by Gasteiger charge is -2.25. The fourth-order valence-electron chi connectivity index (χ4n) is 3.17. The zero-order valence-electron chi connectivity index (χ0n) is 17.0. The third-order valence-corrected chi connectivity index (χ3v) is 4.58. The molecule has 1 aliphatic heterocycles. The van der Waals surface area contributed by atoms with E-state index < -0.39 is 0 Å². The number of rotatable bonds is 5. The van der Waals surface area contributed by atoms with Crippen LogP contribution in [-0.2, 0) is 23.3 Å². The van der Waals surface area contributed by atoms with Crippen molar-refractivity contribution in [3.05, 3.63) is 29.3 Å². The Labute approximate surface area is 160 Å². The van der Waals surface area contributed by atoms with Crippen LogP contribution < -0.4 is 4.90 Å². The van der Waals surface area contributed by atoms with Crippen LogP contribution in [0.3, 0.4) is 0 Å². The van der Waals surface area contributed by atoms with Crippen molar-refractivity contribution in [1.82, 2.24) is 25.0 Å². The molecule has 0 saturated carbocycles. The maximum atomic E-state index is 5.31. The second-order valence-electron chi connectivity index (χ2n) is 8.07. The summed E-state index contributed by atoms with van der Waals surface area (Å²) in [6, 6.07) is 2.05. The minimum absolute atomic E-state index is 0.104. The van der Waals surface area contributed by atoms with Crippen LogP contribution in [0.2, 0.25) is 0 Å². The van der Waals surface area contributed by atoms with Gasteiger partial charge in [-0.2, -0.15) is 4.98 Å². The number of nitrogens with zero attached hydrogens (tertiary/aromatic N) is 6. The zero-order chi connectivity index (χ0) is 19.4. The fraction of sp³-hybridized carbons (Fsp3) is 0.684. The molecule has 8 heteroatoms. The van der Waals surface area contributed by atoms with Crippen molar-refractivity contribution in [2.45, 2.75) is 52.7 Å². The molecule has 3 heterocycles. The highest BCUT2D eigenvalue weighted by Crippen LogP contribution is 2.23. The Morgan fingerprint density at radius 1 is 1.11 bits per heavy atom. The predicted molar refractivity (Wildman–Crippen MR) is 103 cm³/mol. The van der Waals surface area contributed by atoms with Crippen molar-refractivity contribution >= 4 is 5.82 Å². The molecule has 27 heavy (non-hydrogen) atoms. The summed E-state index contributed by atoms with van der Waals surface area (Å²) < 4.78 is 10.4. The van der Waals surface area contributed by atoms with Crippen molar-refractivity contribution < 1.29 is 9.26 Å². The van der Waals surface area contributed by atoms with Crippen molar-refractivity contribution in [2.75, 3.05) is 38.2 Å². The number of hydrogen-bond acceptors (Lipinski definition) is 8. The van der Waals surface area contributed by atoms with E-state index in [0.717, 1.165) is 62.3 Å². The topological polar surface area (TPSA) is 80.4 Å². The second-order valence-corrected chi connectivity index (χ2v) is 8.07. The second kappa shape index (κ2) is 8.31. The van der Waals surface area contributed by atoms with E-state index in [1.54, 1.807) is 7.11 Å². The molecule has 1 saturated heterocycles. The van der Waals surface area contributed by atoms with Gasteiger partial charge in [-0.15, -0.1) is 0 Å². The van der Waals surface area contributed by atoms with Gasteiger partial charge in [-0.1, -0.05) is 25.9 Å². The molecule has 8 nitrogen and oxygen atoms in total. The van der Waals surface area contributed by atoms with Gasteiger partial charge in [0.2, 0.25) is 5.89 Å². The molecule has 0 radical (unpaired) electrons. The molecular formula is C19H30N6O2. The number of methoxy groups -OCH3 is 1. The maximum absolute atomic E-state index is 5.31. The smallest absolute Gasteiger partial charge is 0.223 e. The largest absolute Gasteiger partial charge is 0.378 e. The lowest BCUT2D eigenvalue weighted by Crippen LogP contribution is -2.32. The fourth-order valence-corrected chi connectivity index (χ4v) is 3.17. The van der Waals surface area contributed by atoms with Crippen LogP contribution in [0, 0.1) is 6.92 Å². The highest BCUT2D eigenvalue weighted by Gasteiger charge is 2.23. The molecular weight excluding hydrogens is 344 g/mol. The van der Waals surface area contributed by atoms with Crippen LogP contribution in [-0.4, -0.2) is 58.3 Å². The Kier molecular flexibility index (Phi) is 6.06. The Balaban J connectivity index is 1.73. The van der Waals surface area contributed by atoms with Gasteiger partial charge in [0, 0.05) is 51.7 Å². The summed E-state index contributed by atoms with van der Waals surface area (Å²) in [5, 5.41) is 4.01. The first-order valence-electron chi connectivity index (χ1n) is 9.49. The van der Waals surface area contributed by atoms with E-state index in [2.05, 4.69) is 51.8 Å². The number of aryl methyl sites for hydroxylation is 1. The van der Waals surface area contributed by atoms with Crippen molar-refractivity contribution in [3.8, 4) is 0 Å². The first kappa shape index (κ1) is 19.7. The Morgan fingerprint density at radius 3 is 2.59 bits per heavy atom. The Hall–Kier alpha value is -2.06. The van der Waals surface area contributed by atoms with E-state index in [-0.39, 0.29) is 5.41 Å². The van der Waals surface area contributed by atoms with Gasteiger partial charge in [-0.3, -0.25) is 4.90 Å². The van der Waals surface area contributed by atoms with Crippen molar-refractivity contribution in [2.24, 2.45) is 0 Å². The number of hydrogen-bond donors (Lipinski definition) is 0. The minimum atomic E-state index is -0.104. The molecule has 3 rings (SSSR count). The highest BCUT2D eigenvalue weighted by atomic mass is 16.5. The van der Waals surface area contributed by atoms with Crippen LogP contribution in [0.25, 0.3) is 0 Å². The summed E-state index contributed by atoms with van der Waals surface area (Å²) in [5.74, 6) is 3.21. The van der Waals surface area contributed by atoms with Gasteiger partial charge in [-0.05, 0) is 6.42 Å². The van der Waals surface area contributed by atoms with Crippen LogP contribution in [0.4, 0.5) is 5.82 Å². The molecule has 0 bridgehead atoms. The molecule has 2 aromatic rings. The summed E-state index contributed by atoms with van der Waals surface area (Å²) in [7, 11) is 1.70. The molecule has 0 aromatic carbocycles. The van der Waals surface area contributed by atoms with Gasteiger partial charge in [-0.25, -0.2) is 9.97 Å². The van der Waals surface area contributed by atoms with Gasteiger partial charge in [0.15, 0.2) is 5.82 Å². The average molecular weight is 374 g/mol. The van der Waals surface area contributed by atoms with Crippen molar-refractivity contribution in [1.29, 1.82) is 0 Å². The van der Waals surface area contributed by atoms with Gasteiger partial charge < -0.3 is 14.2 Å². The summed E-state index contributed by atoms with van der Waals surface area (Å²) >= 11 is 0. The molecule has 1 fully saturated rings. The van der Waals surface area contributed by atoms with Crippen LogP contribution in [0.15, 0.2) is 10.6 Å². The summed E-state index contributed by atoms with van der Waals surface area (Å²) in [6.45, 7) is 13.3. The molecule has 0 spiro atoms. The third-order valence-electron chi connectivity index (χ3n) is 4.58. The molecule has 0 unspecified atom stereocenters. The van der Waals surface area contributed by atoms with Gasteiger partial charge >= 0.3 is 0 Å². The Bertz CT molecular complexity index is 755. The van der Waals surface area contributed by atoms with E-state index >= 15 is 0 Å². The van der Waals surface area contributed by atoms with Crippen molar-refractivity contribution in [3.63, 3.8) is 0 Å². The molecule has 1 aliphatic rings. The van der Waals surface area contributed by atoms with E-state index in [0.29, 0.717) is 12.5 Å². The number of aromatic nitrogens is 4. The summed E-state index contributed by atoms with van der Waals surface area (Å²) in [5.41, 5.74) is 0.822. The first-order chi connectivity index (χ1) is 12.8. The molecule has 0 aliphatic carbocycles. The Morgan fingerprint density at radius 2 is 1.93 bits per heavy atom. The van der Waals surface area contributed by atoms with Gasteiger partial charge in [0.25, 0.3) is 0 Å². The van der Waals surface area contributed by atoms with E-state index in [1.807, 2.05) is 6.92 Å². The highest BCUT2D eigenvalue weighted by molar-refractivity contribution is 5.41.